The molecule has 0 aliphatic heterocycles. The van der Waals surface area contributed by atoms with Crippen LogP contribution < -0.4 is 5.32 Å². The Labute approximate surface area is 128 Å². The molecule has 0 fully saturated rings. The molecule has 0 spiro atoms. The maximum absolute atomic E-state index is 5.96. The zero-order valence-corrected chi connectivity index (χ0v) is 13.7. The summed E-state index contributed by atoms with van der Waals surface area (Å²) < 4.78 is 5.72. The lowest BCUT2D eigenvalue weighted by molar-refractivity contribution is 0.103. The first kappa shape index (κ1) is 17.5. The minimum Gasteiger partial charge on any atom is -0.381 e. The van der Waals surface area contributed by atoms with Gasteiger partial charge < -0.3 is 10.1 Å². The molecule has 2 nitrogen and oxygen atoms in total. The zero-order chi connectivity index (χ0) is 14.8. The molecule has 0 heterocycles. The normalized spacial score (nSPS) is 12.8. The van der Waals surface area contributed by atoms with Crippen LogP contribution in [0.1, 0.15) is 45.1 Å². The van der Waals surface area contributed by atoms with E-state index in [0.29, 0.717) is 11.8 Å². The SMILES string of the molecule is CCCNCC(CCOCC(C)C)c1ccc(Cl)cc1. The molecule has 1 rings (SSSR count). The molecular formula is C17H28ClNO. The third kappa shape index (κ3) is 7.28. The lowest BCUT2D eigenvalue weighted by Gasteiger charge is -2.18. The monoisotopic (exact) mass is 297 g/mol. The van der Waals surface area contributed by atoms with E-state index in [1.165, 1.54) is 5.56 Å². The average Bonchev–Trinajstić information content (AvgIpc) is 2.42. The maximum Gasteiger partial charge on any atom is 0.0488 e. The van der Waals surface area contributed by atoms with Crippen LogP contribution in [0.5, 0.6) is 0 Å². The molecule has 0 aromatic heterocycles. The maximum atomic E-state index is 5.96. The molecule has 1 atom stereocenters. The molecule has 114 valence electrons. The van der Waals surface area contributed by atoms with Gasteiger partial charge in [0.25, 0.3) is 0 Å². The smallest absolute Gasteiger partial charge is 0.0488 e. The zero-order valence-electron chi connectivity index (χ0n) is 13.0. The Morgan fingerprint density at radius 2 is 1.90 bits per heavy atom. The minimum atomic E-state index is 0.492. The minimum absolute atomic E-state index is 0.492. The van der Waals surface area contributed by atoms with Gasteiger partial charge in [0.15, 0.2) is 0 Å². The van der Waals surface area contributed by atoms with Crippen LogP contribution in [0.25, 0.3) is 0 Å². The molecular weight excluding hydrogens is 270 g/mol. The average molecular weight is 298 g/mol. The Morgan fingerprint density at radius 3 is 2.50 bits per heavy atom. The van der Waals surface area contributed by atoms with E-state index in [0.717, 1.165) is 44.2 Å². The highest BCUT2D eigenvalue weighted by Gasteiger charge is 2.11. The van der Waals surface area contributed by atoms with Crippen LogP contribution in [0.4, 0.5) is 0 Å². The summed E-state index contributed by atoms with van der Waals surface area (Å²) in [6.45, 7) is 10.3. The summed E-state index contributed by atoms with van der Waals surface area (Å²) in [7, 11) is 0. The van der Waals surface area contributed by atoms with Gasteiger partial charge >= 0.3 is 0 Å². The molecule has 3 heteroatoms. The number of benzene rings is 1. The van der Waals surface area contributed by atoms with Crippen molar-refractivity contribution in [1.82, 2.24) is 5.32 Å². The highest BCUT2D eigenvalue weighted by atomic mass is 35.5. The highest BCUT2D eigenvalue weighted by Crippen LogP contribution is 2.21. The van der Waals surface area contributed by atoms with Gasteiger partial charge in [-0.3, -0.25) is 0 Å². The van der Waals surface area contributed by atoms with Gasteiger partial charge in [-0.2, -0.15) is 0 Å². The first-order valence-corrected chi connectivity index (χ1v) is 8.05. The first-order valence-electron chi connectivity index (χ1n) is 7.67. The summed E-state index contributed by atoms with van der Waals surface area (Å²) in [6.07, 6.45) is 2.21. The van der Waals surface area contributed by atoms with Gasteiger partial charge in [-0.15, -0.1) is 0 Å². The van der Waals surface area contributed by atoms with E-state index in [9.17, 15) is 0 Å². The second-order valence-corrected chi connectivity index (χ2v) is 6.15. The van der Waals surface area contributed by atoms with Crippen LogP contribution in [0.3, 0.4) is 0 Å². The third-order valence-electron chi connectivity index (χ3n) is 3.22. The van der Waals surface area contributed by atoms with Crippen molar-refractivity contribution in [2.24, 2.45) is 5.92 Å². The highest BCUT2D eigenvalue weighted by molar-refractivity contribution is 6.30. The van der Waals surface area contributed by atoms with Crippen LogP contribution in [0, 0.1) is 5.92 Å². The van der Waals surface area contributed by atoms with Crippen LogP contribution in [0.15, 0.2) is 24.3 Å². The molecule has 1 aromatic carbocycles. The predicted octanol–water partition coefficient (Wildman–Crippen LogP) is 4.49. The van der Waals surface area contributed by atoms with E-state index < -0.39 is 0 Å². The van der Waals surface area contributed by atoms with Crippen molar-refractivity contribution in [3.8, 4) is 0 Å². The van der Waals surface area contributed by atoms with Crippen LogP contribution >= 0.6 is 11.6 Å². The molecule has 1 aromatic rings. The fourth-order valence-electron chi connectivity index (χ4n) is 2.12. The topological polar surface area (TPSA) is 21.3 Å². The van der Waals surface area contributed by atoms with Crippen LogP contribution in [-0.4, -0.2) is 26.3 Å². The van der Waals surface area contributed by atoms with E-state index in [4.69, 9.17) is 16.3 Å². The number of hydrogen-bond acceptors (Lipinski definition) is 2. The molecule has 0 aliphatic carbocycles. The summed E-state index contributed by atoms with van der Waals surface area (Å²) in [5.41, 5.74) is 1.34. The fourth-order valence-corrected chi connectivity index (χ4v) is 2.25. The molecule has 0 bridgehead atoms. The molecule has 1 unspecified atom stereocenters. The summed E-state index contributed by atoms with van der Waals surface area (Å²) in [4.78, 5) is 0. The molecule has 0 amide bonds. The Morgan fingerprint density at radius 1 is 1.20 bits per heavy atom. The third-order valence-corrected chi connectivity index (χ3v) is 3.47. The first-order chi connectivity index (χ1) is 9.63. The summed E-state index contributed by atoms with van der Waals surface area (Å²) in [6, 6.07) is 8.20. The quantitative estimate of drug-likeness (QED) is 0.643. The van der Waals surface area contributed by atoms with Gasteiger partial charge in [0.05, 0.1) is 0 Å². The largest absolute Gasteiger partial charge is 0.381 e. The second-order valence-electron chi connectivity index (χ2n) is 5.71. The summed E-state index contributed by atoms with van der Waals surface area (Å²) >= 11 is 5.96. The lowest BCUT2D eigenvalue weighted by Crippen LogP contribution is -2.23. The van der Waals surface area contributed by atoms with Crippen molar-refractivity contribution in [3.63, 3.8) is 0 Å². The van der Waals surface area contributed by atoms with E-state index in [1.54, 1.807) is 0 Å². The number of rotatable bonds is 10. The van der Waals surface area contributed by atoms with Gasteiger partial charge in [-0.1, -0.05) is 44.5 Å². The van der Waals surface area contributed by atoms with Crippen molar-refractivity contribution >= 4 is 11.6 Å². The molecule has 0 radical (unpaired) electrons. The predicted molar refractivity (Wildman–Crippen MR) is 87.6 cm³/mol. The van der Waals surface area contributed by atoms with Crippen molar-refractivity contribution < 1.29 is 4.74 Å². The van der Waals surface area contributed by atoms with E-state index >= 15 is 0 Å². The van der Waals surface area contributed by atoms with Gasteiger partial charge in [-0.05, 0) is 48.9 Å². The van der Waals surface area contributed by atoms with Crippen molar-refractivity contribution in [2.75, 3.05) is 26.3 Å². The number of hydrogen-bond donors (Lipinski definition) is 1. The second kappa shape index (κ2) is 10.2. The van der Waals surface area contributed by atoms with Crippen molar-refractivity contribution in [2.45, 2.75) is 39.5 Å². The Bertz CT molecular complexity index is 351. The van der Waals surface area contributed by atoms with E-state index in [-0.39, 0.29) is 0 Å². The van der Waals surface area contributed by atoms with Gasteiger partial charge in [0.2, 0.25) is 0 Å². The Kier molecular flexibility index (Phi) is 8.92. The number of ether oxygens (including phenoxy) is 1. The lowest BCUT2D eigenvalue weighted by atomic mass is 9.96. The van der Waals surface area contributed by atoms with E-state index in [2.05, 4.69) is 38.2 Å². The molecule has 1 N–H and O–H groups in total. The van der Waals surface area contributed by atoms with Gasteiger partial charge in [-0.25, -0.2) is 0 Å². The Balaban J connectivity index is 2.48. The molecule has 20 heavy (non-hydrogen) atoms. The molecule has 0 saturated heterocycles. The fraction of sp³-hybridized carbons (Fsp3) is 0.647. The number of halogens is 1. The van der Waals surface area contributed by atoms with Crippen LogP contribution in [-0.2, 0) is 4.74 Å². The summed E-state index contributed by atoms with van der Waals surface area (Å²) in [5.74, 6) is 1.09. The van der Waals surface area contributed by atoms with E-state index in [1.807, 2.05) is 12.1 Å². The van der Waals surface area contributed by atoms with Gasteiger partial charge in [0.1, 0.15) is 0 Å². The van der Waals surface area contributed by atoms with Crippen LogP contribution in [0.2, 0.25) is 5.02 Å². The standard InChI is InChI=1S/C17H28ClNO/c1-4-10-19-12-16(9-11-20-13-14(2)3)15-5-7-17(18)8-6-15/h5-8,14,16,19H,4,9-13H2,1-3H3. The van der Waals surface area contributed by atoms with Crippen molar-refractivity contribution in [3.05, 3.63) is 34.9 Å². The molecule has 0 aliphatic rings. The summed E-state index contributed by atoms with van der Waals surface area (Å²) in [5, 5.41) is 4.31. The van der Waals surface area contributed by atoms with Crippen molar-refractivity contribution in [1.29, 1.82) is 0 Å². The van der Waals surface area contributed by atoms with Gasteiger partial charge in [0, 0.05) is 24.8 Å². The number of nitrogens with one attached hydrogen (secondary N) is 1. The Hall–Kier alpha value is -0.570. The molecule has 0 saturated carbocycles.